The Bertz CT molecular complexity index is 1010. The zero-order chi connectivity index (χ0) is 20.9. The SMILES string of the molecule is COc1ccc(N)c(SCNc2ccc(-c3ccc(C(=O)C4CCC4)cc3)cc2)c1. The minimum atomic E-state index is 0.242. The number of carbonyl (C=O) groups is 1. The molecule has 1 aliphatic carbocycles. The average molecular weight is 419 g/mol. The molecule has 0 amide bonds. The molecule has 0 radical (unpaired) electrons. The molecule has 1 aliphatic rings. The molecule has 5 heteroatoms. The molecular formula is C25H26N2O2S. The Balaban J connectivity index is 1.34. The van der Waals surface area contributed by atoms with Gasteiger partial charge in [0.05, 0.1) is 13.0 Å². The Kier molecular flexibility index (Phi) is 6.29. The van der Waals surface area contributed by atoms with Crippen LogP contribution in [0.5, 0.6) is 5.75 Å². The van der Waals surface area contributed by atoms with Crippen molar-refractivity contribution in [1.29, 1.82) is 0 Å². The molecular weight excluding hydrogens is 392 g/mol. The van der Waals surface area contributed by atoms with E-state index in [-0.39, 0.29) is 5.92 Å². The van der Waals surface area contributed by atoms with E-state index in [4.69, 9.17) is 10.5 Å². The first-order valence-corrected chi connectivity index (χ1v) is 11.2. The van der Waals surface area contributed by atoms with Crippen LogP contribution in [0.4, 0.5) is 11.4 Å². The first-order valence-electron chi connectivity index (χ1n) is 10.2. The number of benzene rings is 3. The van der Waals surface area contributed by atoms with Gasteiger partial charge in [-0.3, -0.25) is 4.79 Å². The zero-order valence-electron chi connectivity index (χ0n) is 17.1. The average Bonchev–Trinajstić information content (AvgIpc) is 2.74. The fourth-order valence-corrected chi connectivity index (χ4v) is 4.31. The second-order valence-corrected chi connectivity index (χ2v) is 8.53. The lowest BCUT2D eigenvalue weighted by Gasteiger charge is -2.23. The molecule has 0 heterocycles. The van der Waals surface area contributed by atoms with Gasteiger partial charge in [0.25, 0.3) is 0 Å². The summed E-state index contributed by atoms with van der Waals surface area (Å²) in [5.74, 6) is 2.04. The van der Waals surface area contributed by atoms with Gasteiger partial charge in [-0.05, 0) is 54.3 Å². The Morgan fingerprint density at radius 3 is 2.30 bits per heavy atom. The number of nitrogens with one attached hydrogen (secondary N) is 1. The maximum Gasteiger partial charge on any atom is 0.165 e. The van der Waals surface area contributed by atoms with Gasteiger partial charge in [-0.25, -0.2) is 0 Å². The second kappa shape index (κ2) is 9.26. The Hall–Kier alpha value is -2.92. The van der Waals surface area contributed by atoms with E-state index in [1.807, 2.05) is 42.5 Å². The van der Waals surface area contributed by atoms with Crippen LogP contribution in [0.25, 0.3) is 11.1 Å². The molecule has 4 rings (SSSR count). The van der Waals surface area contributed by atoms with Crippen LogP contribution in [0, 0.1) is 5.92 Å². The van der Waals surface area contributed by atoms with Crippen LogP contribution in [-0.4, -0.2) is 18.8 Å². The highest BCUT2D eigenvalue weighted by atomic mass is 32.2. The largest absolute Gasteiger partial charge is 0.497 e. The first-order chi connectivity index (χ1) is 14.6. The first kappa shape index (κ1) is 20.4. The summed E-state index contributed by atoms with van der Waals surface area (Å²) in [4.78, 5) is 13.3. The van der Waals surface area contributed by atoms with E-state index in [1.54, 1.807) is 18.9 Å². The number of hydrogen-bond acceptors (Lipinski definition) is 5. The van der Waals surface area contributed by atoms with E-state index < -0.39 is 0 Å². The fourth-order valence-electron chi connectivity index (χ4n) is 3.48. The summed E-state index contributed by atoms with van der Waals surface area (Å²) >= 11 is 1.64. The fraction of sp³-hybridized carbons (Fsp3) is 0.240. The molecule has 3 N–H and O–H groups in total. The van der Waals surface area contributed by atoms with Crippen molar-refractivity contribution in [3.63, 3.8) is 0 Å². The number of carbonyl (C=O) groups excluding carboxylic acids is 1. The number of Topliss-reactive ketones (excluding diaryl/α,β-unsaturated/α-hetero) is 1. The molecule has 30 heavy (non-hydrogen) atoms. The molecule has 3 aromatic carbocycles. The molecule has 0 bridgehead atoms. The zero-order valence-corrected chi connectivity index (χ0v) is 17.9. The molecule has 3 aromatic rings. The summed E-state index contributed by atoms with van der Waals surface area (Å²) in [7, 11) is 1.65. The molecule has 0 atom stereocenters. The Labute approximate surface area is 181 Å². The van der Waals surface area contributed by atoms with Crippen LogP contribution in [0.15, 0.2) is 71.6 Å². The predicted octanol–water partition coefficient (Wildman–Crippen LogP) is 6.09. The molecule has 0 saturated heterocycles. The van der Waals surface area contributed by atoms with Crippen LogP contribution in [0.1, 0.15) is 29.6 Å². The number of thioether (sulfide) groups is 1. The van der Waals surface area contributed by atoms with Crippen molar-refractivity contribution in [2.75, 3.05) is 24.0 Å². The topological polar surface area (TPSA) is 64.3 Å². The van der Waals surface area contributed by atoms with E-state index in [1.165, 1.54) is 6.42 Å². The van der Waals surface area contributed by atoms with Crippen LogP contribution in [0.2, 0.25) is 0 Å². The van der Waals surface area contributed by atoms with E-state index >= 15 is 0 Å². The monoisotopic (exact) mass is 418 g/mol. The third kappa shape index (κ3) is 4.62. The Morgan fingerprint density at radius 1 is 1.03 bits per heavy atom. The van der Waals surface area contributed by atoms with Gasteiger partial charge in [0.15, 0.2) is 5.78 Å². The van der Waals surface area contributed by atoms with Crippen LogP contribution in [-0.2, 0) is 0 Å². The van der Waals surface area contributed by atoms with Crippen molar-refractivity contribution in [1.82, 2.24) is 0 Å². The summed E-state index contributed by atoms with van der Waals surface area (Å²) in [6, 6.07) is 22.0. The van der Waals surface area contributed by atoms with Crippen LogP contribution >= 0.6 is 11.8 Å². The van der Waals surface area contributed by atoms with Gasteiger partial charge < -0.3 is 15.8 Å². The van der Waals surface area contributed by atoms with Crippen molar-refractivity contribution in [3.8, 4) is 16.9 Å². The third-order valence-electron chi connectivity index (χ3n) is 5.59. The Morgan fingerprint density at radius 2 is 1.70 bits per heavy atom. The van der Waals surface area contributed by atoms with E-state index in [0.29, 0.717) is 11.7 Å². The third-order valence-corrected chi connectivity index (χ3v) is 6.54. The van der Waals surface area contributed by atoms with Crippen LogP contribution in [0.3, 0.4) is 0 Å². The summed E-state index contributed by atoms with van der Waals surface area (Å²) in [6.45, 7) is 0. The number of nitrogens with two attached hydrogens (primary N) is 1. The molecule has 0 aliphatic heterocycles. The molecule has 4 nitrogen and oxygen atoms in total. The summed E-state index contributed by atoms with van der Waals surface area (Å²) in [5.41, 5.74) is 10.9. The second-order valence-electron chi connectivity index (χ2n) is 7.52. The number of ether oxygens (including phenoxy) is 1. The van der Waals surface area contributed by atoms with E-state index in [2.05, 4.69) is 29.6 Å². The van der Waals surface area contributed by atoms with Gasteiger partial charge in [-0.1, -0.05) is 42.8 Å². The van der Waals surface area contributed by atoms with Crippen molar-refractivity contribution in [2.24, 2.45) is 5.92 Å². The number of hydrogen-bond donors (Lipinski definition) is 2. The molecule has 154 valence electrons. The van der Waals surface area contributed by atoms with Gasteiger partial charge in [0.2, 0.25) is 0 Å². The number of ketones is 1. The summed E-state index contributed by atoms with van der Waals surface area (Å²) < 4.78 is 5.26. The number of methoxy groups -OCH3 is 1. The highest BCUT2D eigenvalue weighted by Gasteiger charge is 2.25. The van der Waals surface area contributed by atoms with Gasteiger partial charge in [0, 0.05) is 27.8 Å². The summed E-state index contributed by atoms with van der Waals surface area (Å²) in [5, 5.41) is 3.41. The minimum Gasteiger partial charge on any atom is -0.497 e. The van der Waals surface area contributed by atoms with Gasteiger partial charge >= 0.3 is 0 Å². The van der Waals surface area contributed by atoms with Gasteiger partial charge in [-0.2, -0.15) is 0 Å². The molecule has 0 spiro atoms. The van der Waals surface area contributed by atoms with Crippen molar-refractivity contribution in [2.45, 2.75) is 24.2 Å². The smallest absolute Gasteiger partial charge is 0.165 e. The molecule has 0 aromatic heterocycles. The lowest BCUT2D eigenvalue weighted by molar-refractivity contribution is 0.0855. The number of rotatable bonds is 8. The highest BCUT2D eigenvalue weighted by Crippen LogP contribution is 2.31. The number of nitrogen functional groups attached to an aromatic ring is 1. The molecule has 1 fully saturated rings. The van der Waals surface area contributed by atoms with Crippen molar-refractivity contribution in [3.05, 3.63) is 72.3 Å². The predicted molar refractivity (Wildman–Crippen MR) is 125 cm³/mol. The van der Waals surface area contributed by atoms with Crippen molar-refractivity contribution < 1.29 is 9.53 Å². The molecule has 0 unspecified atom stereocenters. The maximum atomic E-state index is 12.4. The lowest BCUT2D eigenvalue weighted by atomic mass is 9.80. The number of anilines is 2. The van der Waals surface area contributed by atoms with Crippen molar-refractivity contribution >= 4 is 28.9 Å². The quantitative estimate of drug-likeness (QED) is 0.201. The lowest BCUT2D eigenvalue weighted by Crippen LogP contribution is -2.21. The minimum absolute atomic E-state index is 0.242. The summed E-state index contributed by atoms with van der Waals surface area (Å²) in [6.07, 6.45) is 3.26. The normalized spacial score (nSPS) is 13.5. The van der Waals surface area contributed by atoms with E-state index in [0.717, 1.165) is 51.6 Å². The van der Waals surface area contributed by atoms with Gasteiger partial charge in [-0.15, -0.1) is 11.8 Å². The standard InChI is InChI=1S/C25H26N2O2S/c1-29-22-13-14-23(26)24(15-22)30-16-27-21-11-9-18(10-12-21)17-5-7-20(8-6-17)25(28)19-3-2-4-19/h5-15,19,27H,2-4,16,26H2,1H3. The molecule has 1 saturated carbocycles. The highest BCUT2D eigenvalue weighted by molar-refractivity contribution is 7.99. The van der Waals surface area contributed by atoms with Gasteiger partial charge in [0.1, 0.15) is 5.75 Å². The maximum absolute atomic E-state index is 12.4. The van der Waals surface area contributed by atoms with E-state index in [9.17, 15) is 4.79 Å². The van der Waals surface area contributed by atoms with Crippen LogP contribution < -0.4 is 15.8 Å².